The van der Waals surface area contributed by atoms with Gasteiger partial charge in [-0.15, -0.1) is 11.3 Å². The zero-order valence-corrected chi connectivity index (χ0v) is 14.4. The first-order valence-electron chi connectivity index (χ1n) is 7.72. The van der Waals surface area contributed by atoms with Crippen molar-refractivity contribution < 1.29 is 9.90 Å². The summed E-state index contributed by atoms with van der Waals surface area (Å²) in [6, 6.07) is 7.77. The van der Waals surface area contributed by atoms with E-state index < -0.39 is 6.23 Å². The first kappa shape index (κ1) is 15.5. The molecule has 124 valence electrons. The summed E-state index contributed by atoms with van der Waals surface area (Å²) in [5.74, 6) is 0.188. The molecule has 0 radical (unpaired) electrons. The van der Waals surface area contributed by atoms with Crippen LogP contribution in [0.25, 0.3) is 10.2 Å². The SMILES string of the molecule is O=C(Cc1csc(NC(O)C2CC2)n1)Nc1nc2ccccc2s1. The fraction of sp³-hybridized carbons (Fsp3) is 0.312. The van der Waals surface area contributed by atoms with E-state index in [1.54, 1.807) is 0 Å². The number of hydrogen-bond donors (Lipinski definition) is 3. The molecule has 2 aromatic heterocycles. The third-order valence-corrected chi connectivity index (χ3v) is 5.55. The lowest BCUT2D eigenvalue weighted by atomic mass is 10.3. The number of carbonyl (C=O) groups is 1. The third-order valence-electron chi connectivity index (χ3n) is 3.77. The number of carbonyl (C=O) groups excluding carboxylic acids is 1. The topological polar surface area (TPSA) is 87.1 Å². The summed E-state index contributed by atoms with van der Waals surface area (Å²) in [5, 5.41) is 18.8. The van der Waals surface area contributed by atoms with Crippen LogP contribution in [0.1, 0.15) is 18.5 Å². The molecule has 1 atom stereocenters. The highest BCUT2D eigenvalue weighted by molar-refractivity contribution is 7.22. The fourth-order valence-corrected chi connectivity index (χ4v) is 3.99. The van der Waals surface area contributed by atoms with Gasteiger partial charge < -0.3 is 15.7 Å². The van der Waals surface area contributed by atoms with Crippen molar-refractivity contribution in [2.24, 2.45) is 5.92 Å². The highest BCUT2D eigenvalue weighted by atomic mass is 32.1. The Hall–Kier alpha value is -2.03. The Morgan fingerprint density at radius 3 is 2.92 bits per heavy atom. The first-order valence-corrected chi connectivity index (χ1v) is 9.41. The average Bonchev–Trinajstić information content (AvgIpc) is 3.20. The number of aliphatic hydroxyl groups is 1. The first-order chi connectivity index (χ1) is 11.7. The van der Waals surface area contributed by atoms with Gasteiger partial charge in [0.2, 0.25) is 5.91 Å². The largest absolute Gasteiger partial charge is 0.373 e. The van der Waals surface area contributed by atoms with Crippen LogP contribution in [0, 0.1) is 5.92 Å². The highest BCUT2D eigenvalue weighted by Gasteiger charge is 2.30. The molecule has 3 aromatic rings. The molecule has 2 heterocycles. The molecular weight excluding hydrogens is 344 g/mol. The predicted molar refractivity (Wildman–Crippen MR) is 96.4 cm³/mol. The van der Waals surface area contributed by atoms with Crippen molar-refractivity contribution in [1.82, 2.24) is 9.97 Å². The second-order valence-electron chi connectivity index (χ2n) is 5.78. The van der Waals surface area contributed by atoms with Crippen molar-refractivity contribution in [2.45, 2.75) is 25.5 Å². The molecule has 0 saturated heterocycles. The number of amides is 1. The molecule has 1 saturated carbocycles. The molecule has 1 aliphatic rings. The van der Waals surface area contributed by atoms with Crippen LogP contribution in [0.2, 0.25) is 0 Å². The average molecular weight is 360 g/mol. The normalized spacial score (nSPS) is 15.4. The van der Waals surface area contributed by atoms with Gasteiger partial charge in [-0.25, -0.2) is 9.97 Å². The van der Waals surface area contributed by atoms with E-state index in [1.165, 1.54) is 22.7 Å². The summed E-state index contributed by atoms with van der Waals surface area (Å²) in [6.45, 7) is 0. The quantitative estimate of drug-likeness (QED) is 0.588. The monoisotopic (exact) mass is 360 g/mol. The Balaban J connectivity index is 1.36. The van der Waals surface area contributed by atoms with Gasteiger partial charge in [-0.2, -0.15) is 0 Å². The number of nitrogens with zero attached hydrogens (tertiary/aromatic N) is 2. The zero-order chi connectivity index (χ0) is 16.5. The zero-order valence-electron chi connectivity index (χ0n) is 12.7. The minimum atomic E-state index is -0.541. The number of anilines is 2. The van der Waals surface area contributed by atoms with Gasteiger partial charge in [-0.3, -0.25) is 4.79 Å². The van der Waals surface area contributed by atoms with Gasteiger partial charge in [0.15, 0.2) is 10.3 Å². The molecule has 1 aromatic carbocycles. The van der Waals surface area contributed by atoms with Crippen molar-refractivity contribution in [3.8, 4) is 0 Å². The third kappa shape index (κ3) is 3.55. The minimum Gasteiger partial charge on any atom is -0.373 e. The molecule has 4 rings (SSSR count). The van der Waals surface area contributed by atoms with Gasteiger partial charge in [0.05, 0.1) is 22.3 Å². The summed E-state index contributed by atoms with van der Waals surface area (Å²) in [4.78, 5) is 20.9. The predicted octanol–water partition coefficient (Wildman–Crippen LogP) is 3.07. The standard InChI is InChI=1S/C16H16N4O2S2/c21-13(19-16-18-11-3-1-2-4-12(11)24-16)7-10-8-23-15(17-10)20-14(22)9-5-6-9/h1-4,8-9,14,22H,5-7H2,(H,17,20)(H,18,19,21). The summed E-state index contributed by atoms with van der Waals surface area (Å²) in [7, 11) is 0. The number of nitrogens with one attached hydrogen (secondary N) is 2. The van der Waals surface area contributed by atoms with Crippen molar-refractivity contribution in [1.29, 1.82) is 0 Å². The van der Waals surface area contributed by atoms with Gasteiger partial charge >= 0.3 is 0 Å². The van der Waals surface area contributed by atoms with Crippen LogP contribution in [-0.4, -0.2) is 27.2 Å². The summed E-state index contributed by atoms with van der Waals surface area (Å²) in [6.07, 6.45) is 1.75. The van der Waals surface area contributed by atoms with Gasteiger partial charge in [-0.05, 0) is 25.0 Å². The van der Waals surface area contributed by atoms with Crippen molar-refractivity contribution in [3.63, 3.8) is 0 Å². The van der Waals surface area contributed by atoms with E-state index in [2.05, 4.69) is 20.6 Å². The lowest BCUT2D eigenvalue weighted by molar-refractivity contribution is -0.115. The van der Waals surface area contributed by atoms with E-state index in [0.717, 1.165) is 23.1 Å². The van der Waals surface area contributed by atoms with Crippen molar-refractivity contribution >= 4 is 49.1 Å². The molecule has 24 heavy (non-hydrogen) atoms. The van der Waals surface area contributed by atoms with E-state index >= 15 is 0 Å². The molecule has 8 heteroatoms. The van der Waals surface area contributed by atoms with Crippen LogP contribution in [0.5, 0.6) is 0 Å². The van der Waals surface area contributed by atoms with Crippen LogP contribution in [0.4, 0.5) is 10.3 Å². The van der Waals surface area contributed by atoms with Crippen LogP contribution in [-0.2, 0) is 11.2 Å². The molecule has 0 spiro atoms. The number of aromatic nitrogens is 2. The highest BCUT2D eigenvalue weighted by Crippen LogP contribution is 2.33. The molecule has 1 aliphatic carbocycles. The maximum Gasteiger partial charge on any atom is 0.232 e. The van der Waals surface area contributed by atoms with Crippen LogP contribution < -0.4 is 10.6 Å². The maximum atomic E-state index is 12.2. The molecular formula is C16H16N4O2S2. The van der Waals surface area contributed by atoms with E-state index in [0.29, 0.717) is 21.9 Å². The molecule has 1 amide bonds. The van der Waals surface area contributed by atoms with E-state index in [-0.39, 0.29) is 12.3 Å². The number of fused-ring (bicyclic) bond motifs is 1. The molecule has 0 bridgehead atoms. The second-order valence-corrected chi connectivity index (χ2v) is 7.67. The fourth-order valence-electron chi connectivity index (χ4n) is 2.36. The van der Waals surface area contributed by atoms with Crippen molar-refractivity contribution in [3.05, 3.63) is 35.3 Å². The molecule has 0 aliphatic heterocycles. The smallest absolute Gasteiger partial charge is 0.232 e. The van der Waals surface area contributed by atoms with Gasteiger partial charge in [0, 0.05) is 11.3 Å². The Kier molecular flexibility index (Phi) is 4.17. The van der Waals surface area contributed by atoms with E-state index in [9.17, 15) is 9.90 Å². The van der Waals surface area contributed by atoms with E-state index in [4.69, 9.17) is 0 Å². The second kappa shape index (κ2) is 6.46. The molecule has 3 N–H and O–H groups in total. The van der Waals surface area contributed by atoms with Crippen LogP contribution >= 0.6 is 22.7 Å². The van der Waals surface area contributed by atoms with Gasteiger partial charge in [-0.1, -0.05) is 23.5 Å². The van der Waals surface area contributed by atoms with Crippen LogP contribution in [0.3, 0.4) is 0 Å². The minimum absolute atomic E-state index is 0.145. The molecule has 6 nitrogen and oxygen atoms in total. The Bertz CT molecular complexity index is 839. The summed E-state index contributed by atoms with van der Waals surface area (Å²) >= 11 is 2.85. The molecule has 1 fully saturated rings. The van der Waals surface area contributed by atoms with Gasteiger partial charge in [0.25, 0.3) is 0 Å². The number of para-hydroxylation sites is 1. The Morgan fingerprint density at radius 2 is 2.12 bits per heavy atom. The Labute approximate surface area is 146 Å². The number of thiazole rings is 2. The number of aliphatic hydroxyl groups excluding tert-OH is 1. The molecule has 1 unspecified atom stereocenters. The number of rotatable bonds is 6. The number of benzene rings is 1. The Morgan fingerprint density at radius 1 is 1.29 bits per heavy atom. The summed E-state index contributed by atoms with van der Waals surface area (Å²) in [5.41, 5.74) is 1.57. The van der Waals surface area contributed by atoms with Crippen LogP contribution in [0.15, 0.2) is 29.6 Å². The maximum absolute atomic E-state index is 12.2. The number of hydrogen-bond acceptors (Lipinski definition) is 7. The van der Waals surface area contributed by atoms with Crippen molar-refractivity contribution in [2.75, 3.05) is 10.6 Å². The van der Waals surface area contributed by atoms with E-state index in [1.807, 2.05) is 29.6 Å². The lowest BCUT2D eigenvalue weighted by Crippen LogP contribution is -2.20. The summed E-state index contributed by atoms with van der Waals surface area (Å²) < 4.78 is 1.04. The van der Waals surface area contributed by atoms with Gasteiger partial charge in [0.1, 0.15) is 6.23 Å². The lowest BCUT2D eigenvalue weighted by Gasteiger charge is -2.09.